The molecule has 0 aliphatic rings. The Morgan fingerprint density at radius 3 is 3.00 bits per heavy atom. The lowest BCUT2D eigenvalue weighted by Crippen LogP contribution is -1.99. The zero-order chi connectivity index (χ0) is 8.27. The van der Waals surface area contributed by atoms with Gasteiger partial charge in [-0.05, 0) is 6.07 Å². The third-order valence-electron chi connectivity index (χ3n) is 1.02. The Hall–Kier alpha value is -1.96. The van der Waals surface area contributed by atoms with Crippen molar-refractivity contribution in [3.05, 3.63) is 23.5 Å². The van der Waals surface area contributed by atoms with Gasteiger partial charge in [0.05, 0.1) is 11.8 Å². The average Bonchev–Trinajstić information content (AvgIpc) is 2.05. The summed E-state index contributed by atoms with van der Waals surface area (Å²) in [4.78, 5) is 10.3. The first-order chi connectivity index (χ1) is 5.24. The minimum Gasteiger partial charge on any atom is -0.478 e. The Kier molecular flexibility index (Phi) is 1.79. The van der Waals surface area contributed by atoms with Gasteiger partial charge in [-0.25, -0.2) is 4.79 Å². The van der Waals surface area contributed by atoms with Gasteiger partial charge in [0.2, 0.25) is 0 Å². The van der Waals surface area contributed by atoms with Crippen LogP contribution in [-0.4, -0.2) is 21.3 Å². The van der Waals surface area contributed by atoms with Crippen molar-refractivity contribution in [2.24, 2.45) is 0 Å². The number of carboxylic acid groups (broad SMARTS) is 1. The number of nitrogens with zero attached hydrogens (tertiary/aromatic N) is 3. The molecule has 1 N–H and O–H groups in total. The average molecular weight is 149 g/mol. The summed E-state index contributed by atoms with van der Waals surface area (Å²) < 4.78 is 0. The summed E-state index contributed by atoms with van der Waals surface area (Å²) in [6.45, 7) is 0. The molecule has 0 saturated carbocycles. The van der Waals surface area contributed by atoms with Crippen LogP contribution in [0.25, 0.3) is 0 Å². The fourth-order valence-electron chi connectivity index (χ4n) is 0.538. The van der Waals surface area contributed by atoms with Crippen LogP contribution in [0.4, 0.5) is 0 Å². The molecule has 0 radical (unpaired) electrons. The van der Waals surface area contributed by atoms with E-state index in [1.165, 1.54) is 0 Å². The van der Waals surface area contributed by atoms with Crippen LogP contribution in [0, 0.1) is 11.3 Å². The lowest BCUT2D eigenvalue weighted by Gasteiger charge is -1.90. The molecule has 1 aromatic heterocycles. The lowest BCUT2D eigenvalue weighted by atomic mass is 10.3. The van der Waals surface area contributed by atoms with E-state index in [0.29, 0.717) is 0 Å². The van der Waals surface area contributed by atoms with Gasteiger partial charge in [-0.1, -0.05) is 0 Å². The van der Waals surface area contributed by atoms with Crippen LogP contribution in [0.2, 0.25) is 0 Å². The molecule has 0 aliphatic heterocycles. The molecule has 0 aromatic carbocycles. The molecule has 1 heterocycles. The summed E-state index contributed by atoms with van der Waals surface area (Å²) in [6.07, 6.45) is 1.09. The maximum Gasteiger partial charge on any atom is 0.337 e. The molecule has 0 aliphatic carbocycles. The van der Waals surface area contributed by atoms with Crippen molar-refractivity contribution < 1.29 is 9.90 Å². The quantitative estimate of drug-likeness (QED) is 0.609. The number of nitriles is 1. The first-order valence-corrected chi connectivity index (χ1v) is 2.70. The molecule has 0 spiro atoms. The molecular formula is C6H3N3O2. The summed E-state index contributed by atoms with van der Waals surface area (Å²) in [5.74, 6) is -1.11. The molecule has 0 amide bonds. The van der Waals surface area contributed by atoms with Gasteiger partial charge in [-0.15, -0.1) is 5.10 Å². The molecule has 0 unspecified atom stereocenters. The molecule has 0 saturated heterocycles. The van der Waals surface area contributed by atoms with Crippen LogP contribution in [0.1, 0.15) is 16.1 Å². The van der Waals surface area contributed by atoms with Gasteiger partial charge in [-0.3, -0.25) is 0 Å². The molecule has 0 bridgehead atoms. The van der Waals surface area contributed by atoms with Gasteiger partial charge in [0.25, 0.3) is 0 Å². The van der Waals surface area contributed by atoms with Crippen molar-refractivity contribution in [3.63, 3.8) is 0 Å². The number of carbonyl (C=O) groups is 1. The fraction of sp³-hybridized carbons (Fsp3) is 0. The summed E-state index contributed by atoms with van der Waals surface area (Å²) in [5.41, 5.74) is -0.0264. The smallest absolute Gasteiger partial charge is 0.337 e. The van der Waals surface area contributed by atoms with Crippen molar-refractivity contribution in [2.75, 3.05) is 0 Å². The van der Waals surface area contributed by atoms with Crippen LogP contribution < -0.4 is 0 Å². The maximum atomic E-state index is 10.3. The third kappa shape index (κ3) is 1.49. The number of hydrogen-bond acceptors (Lipinski definition) is 4. The summed E-state index contributed by atoms with van der Waals surface area (Å²) in [7, 11) is 0. The molecule has 1 aromatic rings. The highest BCUT2D eigenvalue weighted by Crippen LogP contribution is 1.97. The monoisotopic (exact) mass is 149 g/mol. The minimum atomic E-state index is -1.11. The fourth-order valence-corrected chi connectivity index (χ4v) is 0.538. The Balaban J connectivity index is 3.13. The van der Waals surface area contributed by atoms with E-state index >= 15 is 0 Å². The topological polar surface area (TPSA) is 86.9 Å². The number of aromatic carboxylic acids is 1. The molecule has 5 heteroatoms. The van der Waals surface area contributed by atoms with E-state index in [-0.39, 0.29) is 11.3 Å². The second kappa shape index (κ2) is 2.75. The molecule has 0 atom stereocenters. The first-order valence-electron chi connectivity index (χ1n) is 2.70. The zero-order valence-electron chi connectivity index (χ0n) is 5.35. The lowest BCUT2D eigenvalue weighted by molar-refractivity contribution is 0.0696. The van der Waals surface area contributed by atoms with Gasteiger partial charge < -0.3 is 5.11 Å². The Labute approximate surface area is 61.9 Å². The minimum absolute atomic E-state index is 0.00454. The van der Waals surface area contributed by atoms with E-state index in [0.717, 1.165) is 12.3 Å². The van der Waals surface area contributed by atoms with Crippen molar-refractivity contribution in [2.45, 2.75) is 0 Å². The van der Waals surface area contributed by atoms with Gasteiger partial charge in [0.15, 0.2) is 5.69 Å². The number of carboxylic acids is 1. The molecule has 1 rings (SSSR count). The highest BCUT2D eigenvalue weighted by atomic mass is 16.4. The van der Waals surface area contributed by atoms with Crippen molar-refractivity contribution in [3.8, 4) is 6.07 Å². The largest absolute Gasteiger partial charge is 0.478 e. The van der Waals surface area contributed by atoms with Gasteiger partial charge in [0, 0.05) is 0 Å². The van der Waals surface area contributed by atoms with E-state index in [4.69, 9.17) is 10.4 Å². The Morgan fingerprint density at radius 1 is 1.73 bits per heavy atom. The second-order valence-corrected chi connectivity index (χ2v) is 1.75. The van der Waals surface area contributed by atoms with Crippen LogP contribution in [0.3, 0.4) is 0 Å². The number of rotatable bonds is 1. The van der Waals surface area contributed by atoms with E-state index in [2.05, 4.69) is 10.2 Å². The molecule has 54 valence electrons. The predicted octanol–water partition coefficient (Wildman–Crippen LogP) is 0.0465. The highest BCUT2D eigenvalue weighted by Gasteiger charge is 2.03. The van der Waals surface area contributed by atoms with E-state index in [1.807, 2.05) is 0 Å². The first kappa shape index (κ1) is 7.15. The van der Waals surface area contributed by atoms with Gasteiger partial charge in [-0.2, -0.15) is 10.4 Å². The van der Waals surface area contributed by atoms with Crippen molar-refractivity contribution >= 4 is 5.97 Å². The normalized spacial score (nSPS) is 8.64. The standard InChI is InChI=1S/C6H3N3O2/c7-2-5-1-4(6(10)11)3-8-9-5/h1,3H,(H,10,11). The van der Waals surface area contributed by atoms with E-state index < -0.39 is 5.97 Å². The van der Waals surface area contributed by atoms with Crippen molar-refractivity contribution in [1.29, 1.82) is 5.26 Å². The van der Waals surface area contributed by atoms with Crippen molar-refractivity contribution in [1.82, 2.24) is 10.2 Å². The molecule has 0 fully saturated rings. The summed E-state index contributed by atoms with van der Waals surface area (Å²) in [6, 6.07) is 2.85. The third-order valence-corrected chi connectivity index (χ3v) is 1.02. The zero-order valence-corrected chi connectivity index (χ0v) is 5.35. The number of hydrogen-bond donors (Lipinski definition) is 1. The number of aromatic nitrogens is 2. The highest BCUT2D eigenvalue weighted by molar-refractivity contribution is 5.87. The molecule has 11 heavy (non-hydrogen) atoms. The van der Waals surface area contributed by atoms with Crippen LogP contribution in [0.15, 0.2) is 12.3 Å². The SMILES string of the molecule is N#Cc1cc(C(=O)O)cnn1. The second-order valence-electron chi connectivity index (χ2n) is 1.75. The van der Waals surface area contributed by atoms with Gasteiger partial charge >= 0.3 is 5.97 Å². The Morgan fingerprint density at radius 2 is 2.45 bits per heavy atom. The van der Waals surface area contributed by atoms with Gasteiger partial charge in [0.1, 0.15) is 6.07 Å². The van der Waals surface area contributed by atoms with E-state index in [9.17, 15) is 4.79 Å². The summed E-state index contributed by atoms with van der Waals surface area (Å²) >= 11 is 0. The molecular weight excluding hydrogens is 146 g/mol. The van der Waals surface area contributed by atoms with E-state index in [1.54, 1.807) is 6.07 Å². The predicted molar refractivity (Wildman–Crippen MR) is 33.7 cm³/mol. The maximum absolute atomic E-state index is 10.3. The summed E-state index contributed by atoms with van der Waals surface area (Å²) in [5, 5.41) is 23.4. The molecule has 5 nitrogen and oxygen atoms in total. The van der Waals surface area contributed by atoms with Crippen LogP contribution in [0.5, 0.6) is 0 Å². The Bertz CT molecular complexity index is 329. The van der Waals surface area contributed by atoms with Crippen LogP contribution >= 0.6 is 0 Å². The van der Waals surface area contributed by atoms with Crippen LogP contribution in [-0.2, 0) is 0 Å².